The third-order valence-corrected chi connectivity index (χ3v) is 1.39. The van der Waals surface area contributed by atoms with Gasteiger partial charge in [-0.05, 0) is 0 Å². The Kier molecular flexibility index (Phi) is 5.15. The van der Waals surface area contributed by atoms with Crippen molar-refractivity contribution in [2.75, 3.05) is 18.6 Å². The summed E-state index contributed by atoms with van der Waals surface area (Å²) in [5, 5.41) is 8.02. The van der Waals surface area contributed by atoms with Gasteiger partial charge in [0.15, 0.2) is 0 Å². The molecule has 0 heterocycles. The van der Waals surface area contributed by atoms with Crippen molar-refractivity contribution in [2.24, 2.45) is 0 Å². The Morgan fingerprint density at radius 3 is 1.88 bits per heavy atom. The zero-order chi connectivity index (χ0) is 5.91. The van der Waals surface area contributed by atoms with Gasteiger partial charge in [-0.25, -0.2) is 8.42 Å². The van der Waals surface area contributed by atoms with E-state index >= 15 is 0 Å². The highest BCUT2D eigenvalue weighted by atomic mass is 32.2. The van der Waals surface area contributed by atoms with E-state index in [4.69, 9.17) is 5.11 Å². The maximum absolute atomic E-state index is 10.1. The Morgan fingerprint density at radius 1 is 1.50 bits per heavy atom. The predicted molar refractivity (Wildman–Crippen MR) is 31.8 cm³/mol. The number of aliphatic hydroxyl groups is 1. The minimum atomic E-state index is -2.92. The Hall–Kier alpha value is -0.130. The molecule has 4 N–H and O–H groups in total. The first-order chi connectivity index (χ1) is 3.06. The normalized spacial score (nSPS) is 10.2. The van der Waals surface area contributed by atoms with Crippen molar-refractivity contribution >= 4 is 9.84 Å². The molecule has 0 spiro atoms. The SMILES string of the molecule is CS(=O)(=O)CCO.N. The van der Waals surface area contributed by atoms with E-state index in [1.807, 2.05) is 0 Å². The van der Waals surface area contributed by atoms with Gasteiger partial charge < -0.3 is 11.3 Å². The second-order valence-corrected chi connectivity index (χ2v) is 3.61. The van der Waals surface area contributed by atoms with Crippen LogP contribution in [0.5, 0.6) is 0 Å². The average molecular weight is 141 g/mol. The molecule has 0 aliphatic rings. The highest BCUT2D eigenvalue weighted by molar-refractivity contribution is 7.90. The molecular weight excluding hydrogens is 130 g/mol. The molecule has 0 aliphatic carbocycles. The van der Waals surface area contributed by atoms with Crippen LogP contribution in [0.25, 0.3) is 0 Å². The van der Waals surface area contributed by atoms with Crippen molar-refractivity contribution < 1.29 is 13.5 Å². The van der Waals surface area contributed by atoms with E-state index in [2.05, 4.69) is 0 Å². The monoisotopic (exact) mass is 141 g/mol. The topological polar surface area (TPSA) is 89.4 Å². The van der Waals surface area contributed by atoms with Crippen LogP contribution in [0.1, 0.15) is 0 Å². The molecule has 0 rings (SSSR count). The third-order valence-electron chi connectivity index (χ3n) is 0.462. The van der Waals surface area contributed by atoms with Gasteiger partial charge in [0.1, 0.15) is 9.84 Å². The smallest absolute Gasteiger partial charge is 0.149 e. The molecule has 0 unspecified atom stereocenters. The minimum absolute atomic E-state index is 0. The molecule has 0 aromatic rings. The van der Waals surface area contributed by atoms with Gasteiger partial charge in [0, 0.05) is 6.26 Å². The van der Waals surface area contributed by atoms with Gasteiger partial charge in [-0.3, -0.25) is 0 Å². The van der Waals surface area contributed by atoms with Crippen LogP contribution in [0.2, 0.25) is 0 Å². The molecule has 52 valence electrons. The van der Waals surface area contributed by atoms with Crippen molar-refractivity contribution in [2.45, 2.75) is 0 Å². The number of hydrogen-bond donors (Lipinski definition) is 2. The van der Waals surface area contributed by atoms with Crippen molar-refractivity contribution in [1.82, 2.24) is 6.15 Å². The van der Waals surface area contributed by atoms with E-state index in [9.17, 15) is 8.42 Å². The molecule has 0 radical (unpaired) electrons. The van der Waals surface area contributed by atoms with E-state index in [1.54, 1.807) is 0 Å². The molecule has 8 heavy (non-hydrogen) atoms. The number of aliphatic hydroxyl groups excluding tert-OH is 1. The molecule has 0 bridgehead atoms. The lowest BCUT2D eigenvalue weighted by Crippen LogP contribution is -2.05. The van der Waals surface area contributed by atoms with Crippen LogP contribution in [0, 0.1) is 0 Å². The van der Waals surface area contributed by atoms with E-state index in [-0.39, 0.29) is 18.5 Å². The van der Waals surface area contributed by atoms with Crippen LogP contribution >= 0.6 is 0 Å². The van der Waals surface area contributed by atoms with Gasteiger partial charge in [-0.15, -0.1) is 0 Å². The summed E-state index contributed by atoms with van der Waals surface area (Å²) in [6.07, 6.45) is 1.09. The van der Waals surface area contributed by atoms with Crippen LogP contribution < -0.4 is 6.15 Å². The molecule has 0 aromatic carbocycles. The largest absolute Gasteiger partial charge is 0.395 e. The fraction of sp³-hybridized carbons (Fsp3) is 1.00. The van der Waals surface area contributed by atoms with Gasteiger partial charge in [0.2, 0.25) is 0 Å². The fourth-order valence-electron chi connectivity index (χ4n) is 0.166. The van der Waals surface area contributed by atoms with Gasteiger partial charge in [-0.1, -0.05) is 0 Å². The quantitative estimate of drug-likeness (QED) is 0.526. The van der Waals surface area contributed by atoms with E-state index in [1.165, 1.54) is 0 Å². The van der Waals surface area contributed by atoms with Gasteiger partial charge >= 0.3 is 0 Å². The summed E-state index contributed by atoms with van der Waals surface area (Å²) in [6, 6.07) is 0. The van der Waals surface area contributed by atoms with E-state index in [0.717, 1.165) is 6.26 Å². The maximum atomic E-state index is 10.1. The molecule has 0 aliphatic heterocycles. The van der Waals surface area contributed by atoms with Crippen LogP contribution in [0.3, 0.4) is 0 Å². The summed E-state index contributed by atoms with van der Waals surface area (Å²) in [7, 11) is -2.92. The van der Waals surface area contributed by atoms with E-state index in [0.29, 0.717) is 0 Å². The molecule has 0 saturated heterocycles. The highest BCUT2D eigenvalue weighted by Crippen LogP contribution is 1.76. The molecule has 0 saturated carbocycles. The molecule has 4 nitrogen and oxygen atoms in total. The highest BCUT2D eigenvalue weighted by Gasteiger charge is 1.96. The number of sulfone groups is 1. The molecule has 0 amide bonds. The van der Waals surface area contributed by atoms with Crippen LogP contribution in [-0.2, 0) is 9.84 Å². The van der Waals surface area contributed by atoms with Gasteiger partial charge in [-0.2, -0.15) is 0 Å². The fourth-order valence-corrected chi connectivity index (χ4v) is 0.497. The lowest BCUT2D eigenvalue weighted by atomic mass is 10.9. The summed E-state index contributed by atoms with van der Waals surface area (Å²) in [5.74, 6) is -0.132. The van der Waals surface area contributed by atoms with Crippen LogP contribution in [0.15, 0.2) is 0 Å². The van der Waals surface area contributed by atoms with Gasteiger partial charge in [0.25, 0.3) is 0 Å². The molecule has 0 fully saturated rings. The molecule has 5 heteroatoms. The van der Waals surface area contributed by atoms with Crippen molar-refractivity contribution in [1.29, 1.82) is 0 Å². The first kappa shape index (κ1) is 10.8. The molecule has 0 atom stereocenters. The second-order valence-electron chi connectivity index (χ2n) is 1.35. The summed E-state index contributed by atoms with van der Waals surface area (Å²) in [4.78, 5) is 0. The van der Waals surface area contributed by atoms with Crippen LogP contribution in [0.4, 0.5) is 0 Å². The maximum Gasteiger partial charge on any atom is 0.149 e. The Labute approximate surface area is 49.0 Å². The van der Waals surface area contributed by atoms with Crippen LogP contribution in [-0.4, -0.2) is 32.1 Å². The van der Waals surface area contributed by atoms with Gasteiger partial charge in [0.05, 0.1) is 12.4 Å². The Balaban J connectivity index is 0. The van der Waals surface area contributed by atoms with Crippen molar-refractivity contribution in [3.8, 4) is 0 Å². The lowest BCUT2D eigenvalue weighted by molar-refractivity contribution is 0.320. The lowest BCUT2D eigenvalue weighted by Gasteiger charge is -1.87. The Morgan fingerprint density at radius 2 is 1.88 bits per heavy atom. The second kappa shape index (κ2) is 3.82. The summed E-state index contributed by atoms with van der Waals surface area (Å²) >= 11 is 0. The molecular formula is C3H11NO3S. The minimum Gasteiger partial charge on any atom is -0.395 e. The first-order valence-corrected chi connectivity index (χ1v) is 3.91. The Bertz CT molecular complexity index is 127. The number of rotatable bonds is 2. The summed E-state index contributed by atoms with van der Waals surface area (Å²) in [5.41, 5.74) is 0. The summed E-state index contributed by atoms with van der Waals surface area (Å²) < 4.78 is 20.1. The standard InChI is InChI=1S/C3H8O3S.H3N/c1-7(5,6)3-2-4;/h4H,2-3H2,1H3;1H3. The van der Waals surface area contributed by atoms with Crippen molar-refractivity contribution in [3.63, 3.8) is 0 Å². The van der Waals surface area contributed by atoms with E-state index < -0.39 is 9.84 Å². The first-order valence-electron chi connectivity index (χ1n) is 1.85. The average Bonchev–Trinajstić information content (AvgIpc) is 1.30. The zero-order valence-electron chi connectivity index (χ0n) is 4.79. The zero-order valence-corrected chi connectivity index (χ0v) is 5.61. The number of hydrogen-bond acceptors (Lipinski definition) is 4. The third kappa shape index (κ3) is 9.30. The predicted octanol–water partition coefficient (Wildman–Crippen LogP) is -0.815. The van der Waals surface area contributed by atoms with Crippen molar-refractivity contribution in [3.05, 3.63) is 0 Å². The molecule has 0 aromatic heterocycles. The summed E-state index contributed by atoms with van der Waals surface area (Å²) in [6.45, 7) is -0.279.